The lowest BCUT2D eigenvalue weighted by atomic mass is 10.1. The third-order valence-electron chi connectivity index (χ3n) is 2.80. The van der Waals surface area contributed by atoms with Crippen LogP contribution in [-0.2, 0) is 14.8 Å². The van der Waals surface area contributed by atoms with E-state index in [9.17, 15) is 18.0 Å². The van der Waals surface area contributed by atoms with E-state index in [4.69, 9.17) is 5.73 Å². The van der Waals surface area contributed by atoms with Gasteiger partial charge in [-0.2, -0.15) is 4.31 Å². The Morgan fingerprint density at radius 3 is 2.40 bits per heavy atom. The molecule has 0 atom stereocenters. The molecule has 0 bridgehead atoms. The summed E-state index contributed by atoms with van der Waals surface area (Å²) < 4.78 is 25.7. The first-order valence-corrected chi connectivity index (χ1v) is 7.68. The molecule has 0 aliphatic rings. The van der Waals surface area contributed by atoms with Crippen molar-refractivity contribution in [3.8, 4) is 0 Å². The summed E-state index contributed by atoms with van der Waals surface area (Å²) in [4.78, 5) is 22.5. The second-order valence-electron chi connectivity index (χ2n) is 4.20. The number of hydrogen-bond acceptors (Lipinski definition) is 4. The van der Waals surface area contributed by atoms with Crippen LogP contribution in [-0.4, -0.2) is 37.5 Å². The van der Waals surface area contributed by atoms with Gasteiger partial charge < -0.3 is 5.73 Å². The van der Waals surface area contributed by atoms with Crippen LogP contribution in [0.15, 0.2) is 29.2 Å². The van der Waals surface area contributed by atoms with Crippen LogP contribution < -0.4 is 5.73 Å². The molecule has 0 saturated carbocycles. The van der Waals surface area contributed by atoms with Crippen LogP contribution >= 0.6 is 0 Å². The number of nitrogens with two attached hydrogens (primary N) is 1. The fraction of sp³-hybridized carbons (Fsp3) is 0.385. The first-order chi connectivity index (χ1) is 9.32. The van der Waals surface area contributed by atoms with Crippen molar-refractivity contribution in [3.05, 3.63) is 29.8 Å². The summed E-state index contributed by atoms with van der Waals surface area (Å²) in [5.41, 5.74) is 5.38. The molecule has 20 heavy (non-hydrogen) atoms. The predicted molar refractivity (Wildman–Crippen MR) is 74.7 cm³/mol. The zero-order valence-electron chi connectivity index (χ0n) is 11.5. The highest BCUT2D eigenvalue weighted by Crippen LogP contribution is 2.17. The molecule has 0 heterocycles. The Hall–Kier alpha value is -1.73. The largest absolute Gasteiger partial charge is 0.369 e. The highest BCUT2D eigenvalue weighted by atomic mass is 32.2. The van der Waals surface area contributed by atoms with Crippen LogP contribution in [0.25, 0.3) is 0 Å². The van der Waals surface area contributed by atoms with Gasteiger partial charge in [-0.15, -0.1) is 0 Å². The zero-order valence-corrected chi connectivity index (χ0v) is 12.3. The molecule has 1 rings (SSSR count). The average Bonchev–Trinajstić information content (AvgIpc) is 2.43. The van der Waals surface area contributed by atoms with E-state index in [1.165, 1.54) is 18.2 Å². The second-order valence-corrected chi connectivity index (χ2v) is 6.14. The van der Waals surface area contributed by atoms with Gasteiger partial charge in [-0.05, 0) is 12.1 Å². The van der Waals surface area contributed by atoms with Gasteiger partial charge in [0.15, 0.2) is 5.78 Å². The quantitative estimate of drug-likeness (QED) is 0.752. The number of likely N-dealkylation sites (N-methyl/N-ethyl adjacent to an activating group) is 1. The Balaban J connectivity index is 3.20. The standard InChI is InChI=1S/C13H18N2O4S/c1-3-12(16)10-6-5-7-11(8-10)20(18,19)15(4-2)9-13(14)17/h5-8H,3-4,9H2,1-2H3,(H2,14,17). The van der Waals surface area contributed by atoms with Gasteiger partial charge in [0.05, 0.1) is 11.4 Å². The SMILES string of the molecule is CCC(=O)c1cccc(S(=O)(=O)N(CC)CC(N)=O)c1. The molecule has 1 aromatic rings. The van der Waals surface area contributed by atoms with Gasteiger partial charge in [0.2, 0.25) is 15.9 Å². The first kappa shape index (κ1) is 16.3. The highest BCUT2D eigenvalue weighted by Gasteiger charge is 2.25. The van der Waals surface area contributed by atoms with Gasteiger partial charge in [0.25, 0.3) is 0 Å². The molecule has 110 valence electrons. The number of primary amides is 1. The number of benzene rings is 1. The minimum Gasteiger partial charge on any atom is -0.369 e. The number of nitrogens with zero attached hydrogens (tertiary/aromatic N) is 1. The van der Waals surface area contributed by atoms with Crippen molar-refractivity contribution >= 4 is 21.7 Å². The summed E-state index contributed by atoms with van der Waals surface area (Å²) in [5, 5.41) is 0. The molecule has 0 spiro atoms. The van der Waals surface area contributed by atoms with Crippen LogP contribution in [0.4, 0.5) is 0 Å². The maximum Gasteiger partial charge on any atom is 0.243 e. The van der Waals surface area contributed by atoms with E-state index in [2.05, 4.69) is 0 Å². The Morgan fingerprint density at radius 1 is 1.25 bits per heavy atom. The van der Waals surface area contributed by atoms with Crippen molar-refractivity contribution in [1.29, 1.82) is 0 Å². The molecule has 1 amide bonds. The average molecular weight is 298 g/mol. The van der Waals surface area contributed by atoms with Crippen LogP contribution in [0.1, 0.15) is 30.6 Å². The lowest BCUT2D eigenvalue weighted by Gasteiger charge is -2.19. The summed E-state index contributed by atoms with van der Waals surface area (Å²) >= 11 is 0. The monoisotopic (exact) mass is 298 g/mol. The number of carbonyl (C=O) groups excluding carboxylic acids is 2. The summed E-state index contributed by atoms with van der Waals surface area (Å²) in [6.45, 7) is 3.05. The van der Waals surface area contributed by atoms with Gasteiger partial charge >= 0.3 is 0 Å². The van der Waals surface area contributed by atoms with Crippen molar-refractivity contribution in [2.24, 2.45) is 5.73 Å². The molecule has 0 radical (unpaired) electrons. The van der Waals surface area contributed by atoms with E-state index in [1.807, 2.05) is 0 Å². The van der Waals surface area contributed by atoms with E-state index < -0.39 is 15.9 Å². The smallest absolute Gasteiger partial charge is 0.243 e. The van der Waals surface area contributed by atoms with Crippen LogP contribution in [0.2, 0.25) is 0 Å². The van der Waals surface area contributed by atoms with Gasteiger partial charge in [-0.25, -0.2) is 8.42 Å². The summed E-state index contributed by atoms with van der Waals surface area (Å²) in [6, 6.07) is 5.79. The summed E-state index contributed by atoms with van der Waals surface area (Å²) in [6.07, 6.45) is 0.294. The topological polar surface area (TPSA) is 97.5 Å². The van der Waals surface area contributed by atoms with Crippen molar-refractivity contribution in [2.45, 2.75) is 25.2 Å². The normalized spacial score (nSPS) is 11.6. The lowest BCUT2D eigenvalue weighted by Crippen LogP contribution is -2.38. The molecular weight excluding hydrogens is 280 g/mol. The summed E-state index contributed by atoms with van der Waals surface area (Å²) in [5.74, 6) is -0.865. The highest BCUT2D eigenvalue weighted by molar-refractivity contribution is 7.89. The van der Waals surface area contributed by atoms with Crippen molar-refractivity contribution in [1.82, 2.24) is 4.31 Å². The maximum absolute atomic E-state index is 12.4. The molecule has 0 fully saturated rings. The van der Waals surface area contributed by atoms with Crippen molar-refractivity contribution in [2.75, 3.05) is 13.1 Å². The Morgan fingerprint density at radius 2 is 1.90 bits per heavy atom. The molecule has 1 aromatic carbocycles. The van der Waals surface area contributed by atoms with E-state index >= 15 is 0 Å². The van der Waals surface area contributed by atoms with E-state index in [0.717, 1.165) is 4.31 Å². The summed E-state index contributed by atoms with van der Waals surface area (Å²) in [7, 11) is -3.83. The van der Waals surface area contributed by atoms with Crippen molar-refractivity contribution in [3.63, 3.8) is 0 Å². The predicted octanol–water partition coefficient (Wildman–Crippen LogP) is 0.775. The minimum absolute atomic E-state index is 0.0140. The number of sulfonamides is 1. The number of rotatable bonds is 7. The molecule has 2 N–H and O–H groups in total. The van der Waals surface area contributed by atoms with Gasteiger partial charge in [-0.3, -0.25) is 9.59 Å². The molecular formula is C13H18N2O4S. The molecule has 7 heteroatoms. The third kappa shape index (κ3) is 3.64. The Labute approximate surface area is 118 Å². The van der Waals surface area contributed by atoms with Crippen LogP contribution in [0.3, 0.4) is 0 Å². The van der Waals surface area contributed by atoms with Gasteiger partial charge in [0.1, 0.15) is 0 Å². The zero-order chi connectivity index (χ0) is 15.3. The number of carbonyl (C=O) groups is 2. The molecule has 0 aromatic heterocycles. The van der Waals surface area contributed by atoms with E-state index in [0.29, 0.717) is 12.0 Å². The third-order valence-corrected chi connectivity index (χ3v) is 4.72. The second kappa shape index (κ2) is 6.62. The number of amides is 1. The number of hydrogen-bond donors (Lipinski definition) is 1. The van der Waals surface area contributed by atoms with Crippen LogP contribution in [0.5, 0.6) is 0 Å². The van der Waals surface area contributed by atoms with Gasteiger partial charge in [-0.1, -0.05) is 26.0 Å². The molecule has 0 aliphatic heterocycles. The van der Waals surface area contributed by atoms with Crippen LogP contribution in [0, 0.1) is 0 Å². The fourth-order valence-corrected chi connectivity index (χ4v) is 3.19. The fourth-order valence-electron chi connectivity index (χ4n) is 1.72. The molecule has 0 aliphatic carbocycles. The number of ketones is 1. The molecule has 0 saturated heterocycles. The molecule has 6 nitrogen and oxygen atoms in total. The lowest BCUT2D eigenvalue weighted by molar-refractivity contribution is -0.118. The number of Topliss-reactive ketones (excluding diaryl/α,β-unsaturated/α-hetero) is 1. The van der Waals surface area contributed by atoms with E-state index in [1.54, 1.807) is 19.9 Å². The Kier molecular flexibility index (Phi) is 5.41. The first-order valence-electron chi connectivity index (χ1n) is 6.24. The minimum atomic E-state index is -3.83. The molecule has 0 unspecified atom stereocenters. The Bertz CT molecular complexity index is 611. The van der Waals surface area contributed by atoms with Crippen molar-refractivity contribution < 1.29 is 18.0 Å². The van der Waals surface area contributed by atoms with Gasteiger partial charge in [0, 0.05) is 18.5 Å². The van der Waals surface area contributed by atoms with E-state index in [-0.39, 0.29) is 23.8 Å². The maximum atomic E-state index is 12.4.